The summed E-state index contributed by atoms with van der Waals surface area (Å²) in [5.41, 5.74) is 8.40. The van der Waals surface area contributed by atoms with Gasteiger partial charge >= 0.3 is 6.18 Å². The summed E-state index contributed by atoms with van der Waals surface area (Å²) in [4.78, 5) is 9.49. The van der Waals surface area contributed by atoms with Crippen LogP contribution >= 0.6 is 0 Å². The lowest BCUT2D eigenvalue weighted by molar-refractivity contribution is -0.140. The molecule has 3 rings (SSSR count). The van der Waals surface area contributed by atoms with Gasteiger partial charge in [-0.05, 0) is 36.0 Å². The second kappa shape index (κ2) is 8.68. The Morgan fingerprint density at radius 3 is 2.72 bits per heavy atom. The van der Waals surface area contributed by atoms with E-state index in [0.717, 1.165) is 11.1 Å². The average Bonchev–Trinajstić information content (AvgIpc) is 3.12. The van der Waals surface area contributed by atoms with Crippen molar-refractivity contribution in [2.75, 3.05) is 5.32 Å². The lowest BCUT2D eigenvalue weighted by atomic mass is 10.1. The number of benzene rings is 1. The van der Waals surface area contributed by atoms with Gasteiger partial charge < -0.3 is 15.9 Å². The van der Waals surface area contributed by atoms with Gasteiger partial charge in [0.05, 0.1) is 5.56 Å². The first kappa shape index (κ1) is 20.2. The van der Waals surface area contributed by atoms with Crippen molar-refractivity contribution >= 4 is 5.82 Å². The molecule has 0 bridgehead atoms. The highest BCUT2D eigenvalue weighted by Gasteiger charge is 2.34. The maximum atomic E-state index is 14.1. The van der Waals surface area contributed by atoms with Crippen molar-refractivity contribution in [2.45, 2.75) is 19.1 Å². The van der Waals surface area contributed by atoms with Gasteiger partial charge in [0.1, 0.15) is 11.6 Å². The number of alkyl halides is 3. The molecule has 0 fully saturated rings. The van der Waals surface area contributed by atoms with Gasteiger partial charge in [-0.2, -0.15) is 13.2 Å². The van der Waals surface area contributed by atoms with Crippen molar-refractivity contribution in [1.29, 1.82) is 0 Å². The Hall–Kier alpha value is -3.49. The van der Waals surface area contributed by atoms with Crippen LogP contribution in [0.25, 0.3) is 0 Å². The summed E-state index contributed by atoms with van der Waals surface area (Å²) >= 11 is 0. The van der Waals surface area contributed by atoms with Gasteiger partial charge in [-0.15, -0.1) is 0 Å². The summed E-state index contributed by atoms with van der Waals surface area (Å²) in [5.74, 6) is -0.230. The molecule has 2 aromatic rings. The number of hydroxylamine groups is 1. The highest BCUT2D eigenvalue weighted by molar-refractivity contribution is 5.41. The van der Waals surface area contributed by atoms with Crippen LogP contribution in [0.4, 0.5) is 23.4 Å². The van der Waals surface area contributed by atoms with Crippen LogP contribution in [-0.4, -0.2) is 4.98 Å². The van der Waals surface area contributed by atoms with Gasteiger partial charge in [0.2, 0.25) is 0 Å². The molecule has 1 aliphatic rings. The SMILES string of the molecule is N/C=C\C=C1/ONC=C1Cc1ccc(NCc2cccc(C(F)(F)F)c2F)nc1. The number of halogens is 4. The van der Waals surface area contributed by atoms with E-state index in [1.54, 1.807) is 30.6 Å². The van der Waals surface area contributed by atoms with E-state index in [4.69, 9.17) is 10.6 Å². The molecule has 0 amide bonds. The van der Waals surface area contributed by atoms with Gasteiger partial charge in [-0.3, -0.25) is 0 Å². The number of allylic oxidation sites excluding steroid dienone is 3. The van der Waals surface area contributed by atoms with Crippen molar-refractivity contribution in [2.24, 2.45) is 5.73 Å². The minimum Gasteiger partial charge on any atom is -0.405 e. The molecule has 2 heterocycles. The highest BCUT2D eigenvalue weighted by atomic mass is 19.4. The van der Waals surface area contributed by atoms with E-state index >= 15 is 0 Å². The molecule has 0 unspecified atom stereocenters. The Bertz CT molecular complexity index is 950. The zero-order valence-electron chi connectivity index (χ0n) is 15.1. The monoisotopic (exact) mass is 406 g/mol. The molecule has 0 radical (unpaired) electrons. The standard InChI is InChI=1S/C20H18F4N4O/c21-19-14(3-1-4-16(19)20(22,23)24)11-27-18-7-6-13(10-26-18)9-15-12-28-29-17(15)5-2-8-25/h1-8,10,12,28H,9,11,25H2,(H,26,27)/b8-2-,17-5-. The van der Waals surface area contributed by atoms with E-state index < -0.39 is 17.6 Å². The van der Waals surface area contributed by atoms with E-state index in [-0.39, 0.29) is 12.1 Å². The number of nitrogens with one attached hydrogen (secondary N) is 2. The Morgan fingerprint density at radius 1 is 1.21 bits per heavy atom. The lowest BCUT2D eigenvalue weighted by Crippen LogP contribution is -2.11. The van der Waals surface area contributed by atoms with Crippen molar-refractivity contribution in [3.8, 4) is 0 Å². The van der Waals surface area contributed by atoms with Crippen LogP contribution in [0.15, 0.2) is 72.4 Å². The summed E-state index contributed by atoms with van der Waals surface area (Å²) in [6.07, 6.45) is 3.92. The fourth-order valence-electron chi connectivity index (χ4n) is 2.70. The largest absolute Gasteiger partial charge is 0.419 e. The van der Waals surface area contributed by atoms with Crippen LogP contribution in [0.1, 0.15) is 16.7 Å². The van der Waals surface area contributed by atoms with Crippen LogP contribution in [0, 0.1) is 5.82 Å². The van der Waals surface area contributed by atoms with Gasteiger partial charge in [0.25, 0.3) is 0 Å². The van der Waals surface area contributed by atoms with E-state index in [1.165, 1.54) is 18.3 Å². The molecule has 0 aliphatic carbocycles. The van der Waals surface area contributed by atoms with E-state index in [9.17, 15) is 17.6 Å². The minimum atomic E-state index is -4.74. The third kappa shape index (κ3) is 5.07. The molecule has 9 heteroatoms. The van der Waals surface area contributed by atoms with Crippen LogP contribution in [-0.2, 0) is 24.0 Å². The van der Waals surface area contributed by atoms with Gasteiger partial charge in [0, 0.05) is 36.5 Å². The molecule has 1 aromatic heterocycles. The third-order valence-corrected chi connectivity index (χ3v) is 4.14. The topological polar surface area (TPSA) is 72.2 Å². The van der Waals surface area contributed by atoms with Crippen LogP contribution in [0.2, 0.25) is 0 Å². The Morgan fingerprint density at radius 2 is 2.03 bits per heavy atom. The predicted octanol–water partition coefficient (Wildman–Crippen LogP) is 4.17. The van der Waals surface area contributed by atoms with Gasteiger partial charge in [-0.25, -0.2) is 14.9 Å². The first-order valence-electron chi connectivity index (χ1n) is 8.62. The summed E-state index contributed by atoms with van der Waals surface area (Å²) in [7, 11) is 0. The van der Waals surface area contributed by atoms with Crippen molar-refractivity contribution < 1.29 is 22.4 Å². The van der Waals surface area contributed by atoms with Crippen molar-refractivity contribution in [1.82, 2.24) is 10.5 Å². The molecular formula is C20H18F4N4O. The number of aromatic nitrogens is 1. The number of hydrogen-bond donors (Lipinski definition) is 3. The van der Waals surface area contributed by atoms with Gasteiger partial charge in [0.15, 0.2) is 5.76 Å². The van der Waals surface area contributed by atoms with E-state index in [1.807, 2.05) is 6.07 Å². The fraction of sp³-hybridized carbons (Fsp3) is 0.150. The summed E-state index contributed by atoms with van der Waals surface area (Å²) in [6.45, 7) is -0.122. The van der Waals surface area contributed by atoms with Gasteiger partial charge in [-0.1, -0.05) is 18.2 Å². The normalized spacial score (nSPS) is 15.3. The predicted molar refractivity (Wildman–Crippen MR) is 100 cm³/mol. The molecule has 0 saturated heterocycles. The number of hydrogen-bond acceptors (Lipinski definition) is 5. The maximum absolute atomic E-state index is 14.1. The van der Waals surface area contributed by atoms with Crippen molar-refractivity contribution in [3.05, 3.63) is 94.9 Å². The quantitative estimate of drug-likeness (QED) is 0.628. The number of pyridine rings is 1. The zero-order chi connectivity index (χ0) is 20.9. The van der Waals surface area contributed by atoms with Crippen molar-refractivity contribution in [3.63, 3.8) is 0 Å². The fourth-order valence-corrected chi connectivity index (χ4v) is 2.70. The molecule has 152 valence electrons. The average molecular weight is 406 g/mol. The molecular weight excluding hydrogens is 388 g/mol. The van der Waals surface area contributed by atoms with E-state index in [2.05, 4.69) is 15.8 Å². The Balaban J connectivity index is 1.63. The third-order valence-electron chi connectivity index (χ3n) is 4.14. The highest BCUT2D eigenvalue weighted by Crippen LogP contribution is 2.32. The molecule has 4 N–H and O–H groups in total. The summed E-state index contributed by atoms with van der Waals surface area (Å²) < 4.78 is 52.5. The number of rotatable bonds is 6. The lowest BCUT2D eigenvalue weighted by Gasteiger charge is -2.12. The van der Waals surface area contributed by atoms with Crippen LogP contribution in [0.5, 0.6) is 0 Å². The molecule has 1 aliphatic heterocycles. The number of nitrogens with zero attached hydrogens (tertiary/aromatic N) is 1. The van der Waals surface area contributed by atoms with Crippen LogP contribution < -0.4 is 16.5 Å². The van der Waals surface area contributed by atoms with E-state index in [0.29, 0.717) is 24.1 Å². The molecule has 0 atom stereocenters. The smallest absolute Gasteiger partial charge is 0.405 e. The molecule has 0 saturated carbocycles. The minimum absolute atomic E-state index is 0.0900. The summed E-state index contributed by atoms with van der Waals surface area (Å²) in [6, 6.07) is 6.68. The maximum Gasteiger partial charge on any atom is 0.419 e. The Labute approximate surface area is 164 Å². The molecule has 5 nitrogen and oxygen atoms in total. The first-order valence-corrected chi connectivity index (χ1v) is 8.62. The molecule has 0 spiro atoms. The van der Waals surface area contributed by atoms with Crippen LogP contribution in [0.3, 0.4) is 0 Å². The first-order chi connectivity index (χ1) is 13.9. The second-order valence-corrected chi connectivity index (χ2v) is 6.16. The second-order valence-electron chi connectivity index (χ2n) is 6.16. The Kier molecular flexibility index (Phi) is 6.06. The number of anilines is 1. The number of nitrogens with two attached hydrogens (primary N) is 1. The molecule has 1 aromatic carbocycles. The zero-order valence-corrected chi connectivity index (χ0v) is 15.1. The molecule has 29 heavy (non-hydrogen) atoms. The summed E-state index contributed by atoms with van der Waals surface area (Å²) in [5, 5.41) is 2.83.